The van der Waals surface area contributed by atoms with E-state index >= 15 is 0 Å². The Kier molecular flexibility index (Phi) is 6.87. The summed E-state index contributed by atoms with van der Waals surface area (Å²) >= 11 is 1.69. The fourth-order valence-corrected chi connectivity index (χ4v) is 8.45. The Hall–Kier alpha value is -2.45. The number of piperidine rings is 1. The van der Waals surface area contributed by atoms with Crippen LogP contribution in [0.4, 0.5) is 5.13 Å². The van der Waals surface area contributed by atoms with Gasteiger partial charge in [0.15, 0.2) is 5.13 Å². The first-order chi connectivity index (χ1) is 19.1. The van der Waals surface area contributed by atoms with E-state index in [0.29, 0.717) is 48.6 Å². The first kappa shape index (κ1) is 25.5. The van der Waals surface area contributed by atoms with Crippen molar-refractivity contribution in [2.24, 2.45) is 5.92 Å². The Morgan fingerprint density at radius 2 is 1.90 bits per heavy atom. The molecule has 7 rings (SSSR count). The molecule has 2 bridgehead atoms. The Morgan fingerprint density at radius 3 is 2.64 bits per heavy atom. The first-order valence-electron chi connectivity index (χ1n) is 15.0. The summed E-state index contributed by atoms with van der Waals surface area (Å²) in [5.41, 5.74) is 4.01. The number of carbonyl (C=O) groups is 1. The van der Waals surface area contributed by atoms with Gasteiger partial charge in [0, 0.05) is 29.5 Å². The van der Waals surface area contributed by atoms with E-state index in [1.54, 1.807) is 11.3 Å². The average Bonchev–Trinajstić information content (AvgIpc) is 3.46. The normalized spacial score (nSPS) is 28.8. The van der Waals surface area contributed by atoms with Crippen molar-refractivity contribution in [3.8, 4) is 0 Å². The molecule has 2 aromatic heterocycles. The SMILES string of the molecule is CCOC(=O)c1ccc2nc(N3C4CC[C@H]3CC(OCc3c(C5CCCCC5C)noc3C3CC3)C4)sc2c1. The quantitative estimate of drug-likeness (QED) is 0.272. The third kappa shape index (κ3) is 4.88. The number of fused-ring (bicyclic) bond motifs is 3. The van der Waals surface area contributed by atoms with Gasteiger partial charge in [0.05, 0.1) is 40.8 Å². The molecule has 3 aromatic rings. The molecule has 0 radical (unpaired) electrons. The third-order valence-corrected chi connectivity index (χ3v) is 10.6. The van der Waals surface area contributed by atoms with Gasteiger partial charge in [-0.25, -0.2) is 9.78 Å². The number of rotatable bonds is 8. The molecular weight excluding hydrogens is 510 g/mol. The van der Waals surface area contributed by atoms with Crippen LogP contribution in [0.1, 0.15) is 117 Å². The standard InChI is InChI=1S/C31H39N3O4S/c1-3-36-30(35)20-10-13-26-27(14-20)39-31(32-26)34-21-11-12-22(34)16-23(15-21)37-17-25-28(24-7-5-4-6-18(24)2)33-38-29(25)19-8-9-19/h10,13-14,18-19,21-24H,3-9,11-12,15-17H2,1-2H3/t18?,21-,22?,23?,24?/m0/s1. The van der Waals surface area contributed by atoms with Gasteiger partial charge in [-0.05, 0) is 76.0 Å². The van der Waals surface area contributed by atoms with Gasteiger partial charge in [0.1, 0.15) is 5.76 Å². The molecule has 2 aliphatic carbocycles. The molecule has 0 N–H and O–H groups in total. The lowest BCUT2D eigenvalue weighted by molar-refractivity contribution is 0.0140. The lowest BCUT2D eigenvalue weighted by atomic mass is 9.77. The van der Waals surface area contributed by atoms with Crippen LogP contribution in [-0.4, -0.2) is 40.9 Å². The molecule has 208 valence electrons. The van der Waals surface area contributed by atoms with E-state index in [2.05, 4.69) is 17.0 Å². The fourth-order valence-electron chi connectivity index (χ4n) is 7.30. The van der Waals surface area contributed by atoms with Crippen LogP contribution in [0.3, 0.4) is 0 Å². The van der Waals surface area contributed by atoms with E-state index in [1.807, 2.05) is 25.1 Å². The van der Waals surface area contributed by atoms with Crippen molar-refractivity contribution in [1.29, 1.82) is 0 Å². The zero-order valence-corrected chi connectivity index (χ0v) is 23.9. The topological polar surface area (TPSA) is 77.7 Å². The predicted octanol–water partition coefficient (Wildman–Crippen LogP) is 7.35. The number of hydrogen-bond donors (Lipinski definition) is 0. The van der Waals surface area contributed by atoms with E-state index in [4.69, 9.17) is 19.0 Å². The molecule has 39 heavy (non-hydrogen) atoms. The van der Waals surface area contributed by atoms with E-state index in [9.17, 15) is 4.79 Å². The first-order valence-corrected chi connectivity index (χ1v) is 15.9. The number of esters is 1. The number of ether oxygens (including phenoxy) is 2. The maximum absolute atomic E-state index is 12.2. The van der Waals surface area contributed by atoms with Crippen LogP contribution in [0.25, 0.3) is 10.2 Å². The van der Waals surface area contributed by atoms with Crippen LogP contribution < -0.4 is 4.90 Å². The number of benzene rings is 1. The number of anilines is 1. The van der Waals surface area contributed by atoms with Gasteiger partial charge in [-0.3, -0.25) is 0 Å². The maximum Gasteiger partial charge on any atom is 0.338 e. The summed E-state index contributed by atoms with van der Waals surface area (Å²) in [6.45, 7) is 5.23. The summed E-state index contributed by atoms with van der Waals surface area (Å²) in [6.07, 6.45) is 12.2. The van der Waals surface area contributed by atoms with Gasteiger partial charge in [0.25, 0.3) is 0 Å². The number of hydrogen-bond acceptors (Lipinski definition) is 8. The molecule has 4 fully saturated rings. The molecule has 4 aliphatic rings. The van der Waals surface area contributed by atoms with Crippen molar-refractivity contribution in [3.05, 3.63) is 40.8 Å². The summed E-state index contributed by atoms with van der Waals surface area (Å²) in [5.74, 6) is 2.56. The maximum atomic E-state index is 12.2. The Bertz CT molecular complexity index is 1330. The minimum Gasteiger partial charge on any atom is -0.462 e. The number of thiazole rings is 1. The van der Waals surface area contributed by atoms with E-state index in [0.717, 1.165) is 34.0 Å². The summed E-state index contributed by atoms with van der Waals surface area (Å²) in [4.78, 5) is 19.7. The second-order valence-corrected chi connectivity index (χ2v) is 13.2. The zero-order valence-electron chi connectivity index (χ0n) is 23.1. The average molecular weight is 550 g/mol. The zero-order chi connectivity index (χ0) is 26.5. The van der Waals surface area contributed by atoms with Gasteiger partial charge in [-0.15, -0.1) is 0 Å². The van der Waals surface area contributed by atoms with Crippen LogP contribution in [0, 0.1) is 5.92 Å². The van der Waals surface area contributed by atoms with E-state index in [-0.39, 0.29) is 12.1 Å². The second-order valence-electron chi connectivity index (χ2n) is 12.1. The Balaban J connectivity index is 1.05. The van der Waals surface area contributed by atoms with Crippen LogP contribution >= 0.6 is 11.3 Å². The second kappa shape index (κ2) is 10.5. The molecule has 1 aromatic carbocycles. The van der Waals surface area contributed by atoms with Gasteiger partial charge in [-0.2, -0.15) is 0 Å². The monoisotopic (exact) mass is 549 g/mol. The molecule has 4 heterocycles. The molecule has 2 aliphatic heterocycles. The Morgan fingerprint density at radius 1 is 1.10 bits per heavy atom. The summed E-state index contributed by atoms with van der Waals surface area (Å²) in [5, 5.41) is 5.73. The number of carbonyl (C=O) groups excluding carboxylic acids is 1. The largest absolute Gasteiger partial charge is 0.462 e. The summed E-state index contributed by atoms with van der Waals surface area (Å²) in [6, 6.07) is 6.58. The molecule has 4 unspecified atom stereocenters. The molecule has 8 heteroatoms. The minimum atomic E-state index is -0.272. The summed E-state index contributed by atoms with van der Waals surface area (Å²) in [7, 11) is 0. The highest BCUT2D eigenvalue weighted by atomic mass is 32.1. The smallest absolute Gasteiger partial charge is 0.338 e. The molecule has 2 saturated carbocycles. The van der Waals surface area contributed by atoms with Gasteiger partial charge >= 0.3 is 5.97 Å². The van der Waals surface area contributed by atoms with Crippen molar-refractivity contribution in [3.63, 3.8) is 0 Å². The molecule has 5 atom stereocenters. The van der Waals surface area contributed by atoms with E-state index < -0.39 is 0 Å². The highest BCUT2D eigenvalue weighted by Crippen LogP contribution is 2.47. The van der Waals surface area contributed by atoms with Gasteiger partial charge in [0.2, 0.25) is 0 Å². The lowest BCUT2D eigenvalue weighted by Crippen LogP contribution is -2.45. The van der Waals surface area contributed by atoms with Crippen LogP contribution in [-0.2, 0) is 16.1 Å². The van der Waals surface area contributed by atoms with Crippen molar-refractivity contribution in [2.75, 3.05) is 11.5 Å². The molecule has 0 spiro atoms. The van der Waals surface area contributed by atoms with Crippen LogP contribution in [0.5, 0.6) is 0 Å². The number of nitrogens with zero attached hydrogens (tertiary/aromatic N) is 3. The Labute approximate surface area is 234 Å². The molecule has 2 saturated heterocycles. The highest BCUT2D eigenvalue weighted by molar-refractivity contribution is 7.22. The van der Waals surface area contributed by atoms with Crippen LogP contribution in [0.15, 0.2) is 22.7 Å². The predicted molar refractivity (Wildman–Crippen MR) is 152 cm³/mol. The van der Waals surface area contributed by atoms with E-state index in [1.165, 1.54) is 62.6 Å². The van der Waals surface area contributed by atoms with Crippen LogP contribution in [0.2, 0.25) is 0 Å². The van der Waals surface area contributed by atoms with Crippen molar-refractivity contribution < 1.29 is 18.8 Å². The number of aromatic nitrogens is 2. The summed E-state index contributed by atoms with van der Waals surface area (Å²) < 4.78 is 18.9. The minimum absolute atomic E-state index is 0.252. The fraction of sp³-hybridized carbons (Fsp3) is 0.645. The highest BCUT2D eigenvalue weighted by Gasteiger charge is 2.43. The molecular formula is C31H39N3O4S. The lowest BCUT2D eigenvalue weighted by Gasteiger charge is -2.38. The third-order valence-electron chi connectivity index (χ3n) is 9.52. The van der Waals surface area contributed by atoms with Crippen molar-refractivity contribution >= 4 is 32.7 Å². The molecule has 7 nitrogen and oxygen atoms in total. The van der Waals surface area contributed by atoms with Crippen molar-refractivity contribution in [1.82, 2.24) is 10.1 Å². The van der Waals surface area contributed by atoms with Gasteiger partial charge < -0.3 is 18.9 Å². The van der Waals surface area contributed by atoms with Crippen molar-refractivity contribution in [2.45, 2.75) is 115 Å². The molecule has 0 amide bonds. The van der Waals surface area contributed by atoms with Gasteiger partial charge in [-0.1, -0.05) is 42.7 Å².